The lowest BCUT2D eigenvalue weighted by Crippen LogP contribution is -2.47. The van der Waals surface area contributed by atoms with E-state index in [1.165, 1.54) is 6.07 Å². The zero-order chi connectivity index (χ0) is 12.3. The third-order valence-electron chi connectivity index (χ3n) is 2.79. The van der Waals surface area contributed by atoms with Crippen molar-refractivity contribution in [1.82, 2.24) is 5.32 Å². The fraction of sp³-hybridized carbons (Fsp3) is 0.500. The third kappa shape index (κ3) is 3.44. The van der Waals surface area contributed by atoms with Crippen LogP contribution in [0.2, 0.25) is 5.02 Å². The van der Waals surface area contributed by atoms with Crippen molar-refractivity contribution < 1.29 is 9.50 Å². The molecular formula is C12H17ClFNO. The minimum absolute atomic E-state index is 0.332. The summed E-state index contributed by atoms with van der Waals surface area (Å²) in [6.07, 6.45) is -0.511. The Morgan fingerprint density at radius 3 is 2.62 bits per heavy atom. The summed E-state index contributed by atoms with van der Waals surface area (Å²) < 4.78 is 13.4. The number of halogens is 2. The van der Waals surface area contributed by atoms with E-state index < -0.39 is 11.6 Å². The van der Waals surface area contributed by atoms with Crippen molar-refractivity contribution in [2.24, 2.45) is 0 Å². The van der Waals surface area contributed by atoms with Gasteiger partial charge in [-0.2, -0.15) is 0 Å². The van der Waals surface area contributed by atoms with E-state index in [0.29, 0.717) is 17.1 Å². The summed E-state index contributed by atoms with van der Waals surface area (Å²) in [5.41, 5.74) is 0.0876. The molecule has 0 saturated carbocycles. The van der Waals surface area contributed by atoms with E-state index >= 15 is 0 Å². The molecule has 1 aromatic carbocycles. The lowest BCUT2D eigenvalue weighted by Gasteiger charge is -2.29. The molecule has 1 unspecified atom stereocenters. The van der Waals surface area contributed by atoms with Crippen LogP contribution in [0.5, 0.6) is 0 Å². The summed E-state index contributed by atoms with van der Waals surface area (Å²) in [5.74, 6) is -0.332. The van der Waals surface area contributed by atoms with Gasteiger partial charge in [0.2, 0.25) is 0 Å². The maximum atomic E-state index is 13.4. The first-order valence-electron chi connectivity index (χ1n) is 5.20. The lowest BCUT2D eigenvalue weighted by molar-refractivity contribution is 0.0954. The van der Waals surface area contributed by atoms with Gasteiger partial charge in [-0.25, -0.2) is 4.39 Å². The first kappa shape index (κ1) is 13.4. The number of aliphatic hydroxyl groups excluding tert-OH is 1. The molecule has 90 valence electrons. The molecule has 0 fully saturated rings. The summed E-state index contributed by atoms with van der Waals surface area (Å²) in [6.45, 7) is 5.79. The Morgan fingerprint density at radius 1 is 1.50 bits per heavy atom. The first-order valence-corrected chi connectivity index (χ1v) is 5.58. The molecule has 0 saturated heterocycles. The average molecular weight is 246 g/mol. The zero-order valence-electron chi connectivity index (χ0n) is 9.72. The molecule has 1 atom stereocenters. The molecule has 0 aliphatic heterocycles. The molecule has 16 heavy (non-hydrogen) atoms. The summed E-state index contributed by atoms with van der Waals surface area (Å²) in [7, 11) is 0. The highest BCUT2D eigenvalue weighted by Crippen LogP contribution is 2.16. The Bertz CT molecular complexity index is 366. The number of aliphatic hydroxyl groups is 1. The van der Waals surface area contributed by atoms with Crippen LogP contribution in [0.3, 0.4) is 0 Å². The zero-order valence-corrected chi connectivity index (χ0v) is 10.5. The molecule has 0 spiro atoms. The smallest absolute Gasteiger partial charge is 0.129 e. The topological polar surface area (TPSA) is 32.3 Å². The normalized spacial score (nSPS) is 13.9. The van der Waals surface area contributed by atoms with E-state index in [0.717, 1.165) is 0 Å². The minimum Gasteiger partial charge on any atom is -0.392 e. The highest BCUT2D eigenvalue weighted by Gasteiger charge is 2.23. The van der Waals surface area contributed by atoms with Crippen molar-refractivity contribution in [2.75, 3.05) is 0 Å². The van der Waals surface area contributed by atoms with Crippen LogP contribution in [-0.2, 0) is 6.54 Å². The predicted molar refractivity (Wildman–Crippen MR) is 64.0 cm³/mol. The van der Waals surface area contributed by atoms with Crippen molar-refractivity contribution in [3.05, 3.63) is 34.6 Å². The molecule has 0 aromatic heterocycles. The van der Waals surface area contributed by atoms with Gasteiger partial charge in [-0.3, -0.25) is 0 Å². The van der Waals surface area contributed by atoms with E-state index in [9.17, 15) is 9.50 Å². The van der Waals surface area contributed by atoms with Crippen molar-refractivity contribution in [3.63, 3.8) is 0 Å². The molecule has 2 N–H and O–H groups in total. The van der Waals surface area contributed by atoms with Crippen molar-refractivity contribution >= 4 is 11.6 Å². The SMILES string of the molecule is CC(O)C(C)(C)NCc1ccc(Cl)cc1F. The second-order valence-electron chi connectivity index (χ2n) is 4.49. The highest BCUT2D eigenvalue weighted by atomic mass is 35.5. The number of benzene rings is 1. The van der Waals surface area contributed by atoms with Crippen molar-refractivity contribution in [3.8, 4) is 0 Å². The molecule has 1 rings (SSSR count). The Hall–Kier alpha value is -0.640. The molecule has 1 aromatic rings. The van der Waals surface area contributed by atoms with Crippen molar-refractivity contribution in [2.45, 2.75) is 39.0 Å². The summed E-state index contributed by atoms with van der Waals surface area (Å²) >= 11 is 5.66. The Morgan fingerprint density at radius 2 is 2.12 bits per heavy atom. The van der Waals surface area contributed by atoms with Crippen LogP contribution in [0.4, 0.5) is 4.39 Å². The molecule has 0 aliphatic rings. The van der Waals surface area contributed by atoms with Gasteiger partial charge >= 0.3 is 0 Å². The maximum Gasteiger partial charge on any atom is 0.129 e. The van der Waals surface area contributed by atoms with E-state index in [2.05, 4.69) is 5.32 Å². The van der Waals surface area contributed by atoms with E-state index in [1.54, 1.807) is 19.1 Å². The van der Waals surface area contributed by atoms with Crippen LogP contribution in [0.25, 0.3) is 0 Å². The second kappa shape index (κ2) is 5.13. The Balaban J connectivity index is 2.68. The fourth-order valence-corrected chi connectivity index (χ4v) is 1.29. The van der Waals surface area contributed by atoms with Gasteiger partial charge in [-0.15, -0.1) is 0 Å². The first-order chi connectivity index (χ1) is 7.33. The number of hydrogen-bond donors (Lipinski definition) is 2. The van der Waals surface area contributed by atoms with Gasteiger partial charge in [0, 0.05) is 22.7 Å². The molecule has 0 heterocycles. The standard InChI is InChI=1S/C12H17ClFNO/c1-8(16)12(2,3)15-7-9-4-5-10(13)6-11(9)14/h4-6,8,15-16H,7H2,1-3H3. The van der Waals surface area contributed by atoms with Crippen LogP contribution < -0.4 is 5.32 Å². The molecule has 0 radical (unpaired) electrons. The van der Waals surface area contributed by atoms with Gasteiger partial charge in [-0.1, -0.05) is 17.7 Å². The van der Waals surface area contributed by atoms with Gasteiger partial charge in [0.05, 0.1) is 6.10 Å². The second-order valence-corrected chi connectivity index (χ2v) is 4.92. The average Bonchev–Trinajstić information content (AvgIpc) is 2.16. The molecule has 0 aliphatic carbocycles. The van der Waals surface area contributed by atoms with E-state index in [4.69, 9.17) is 11.6 Å². The number of rotatable bonds is 4. The Kier molecular flexibility index (Phi) is 4.30. The number of nitrogens with one attached hydrogen (secondary N) is 1. The van der Waals surface area contributed by atoms with Crippen LogP contribution in [0.1, 0.15) is 26.3 Å². The van der Waals surface area contributed by atoms with Gasteiger partial charge in [0.1, 0.15) is 5.82 Å². The fourth-order valence-electron chi connectivity index (χ4n) is 1.14. The van der Waals surface area contributed by atoms with Gasteiger partial charge in [0.15, 0.2) is 0 Å². The van der Waals surface area contributed by atoms with E-state index in [1.807, 2.05) is 13.8 Å². The number of hydrogen-bond acceptors (Lipinski definition) is 2. The monoisotopic (exact) mass is 245 g/mol. The predicted octanol–water partition coefficient (Wildman–Crippen LogP) is 2.73. The summed E-state index contributed by atoms with van der Waals surface area (Å²) in [6, 6.07) is 4.58. The summed E-state index contributed by atoms with van der Waals surface area (Å²) in [4.78, 5) is 0. The van der Waals surface area contributed by atoms with Gasteiger partial charge in [-0.05, 0) is 32.9 Å². The van der Waals surface area contributed by atoms with Crippen LogP contribution in [-0.4, -0.2) is 16.7 Å². The van der Waals surface area contributed by atoms with Gasteiger partial charge < -0.3 is 10.4 Å². The van der Waals surface area contributed by atoms with E-state index in [-0.39, 0.29) is 5.82 Å². The Labute approximate surface area is 100 Å². The summed E-state index contributed by atoms with van der Waals surface area (Å²) in [5, 5.41) is 13.0. The molecule has 4 heteroatoms. The molecule has 2 nitrogen and oxygen atoms in total. The largest absolute Gasteiger partial charge is 0.392 e. The molecular weight excluding hydrogens is 229 g/mol. The van der Waals surface area contributed by atoms with Gasteiger partial charge in [0.25, 0.3) is 0 Å². The quantitative estimate of drug-likeness (QED) is 0.855. The molecule has 0 amide bonds. The highest BCUT2D eigenvalue weighted by molar-refractivity contribution is 6.30. The van der Waals surface area contributed by atoms with Crippen LogP contribution in [0, 0.1) is 5.82 Å². The maximum absolute atomic E-state index is 13.4. The molecule has 0 bridgehead atoms. The van der Waals surface area contributed by atoms with Crippen LogP contribution >= 0.6 is 11.6 Å². The third-order valence-corrected chi connectivity index (χ3v) is 3.03. The lowest BCUT2D eigenvalue weighted by atomic mass is 9.98. The van der Waals surface area contributed by atoms with Crippen molar-refractivity contribution in [1.29, 1.82) is 0 Å². The van der Waals surface area contributed by atoms with Crippen LogP contribution in [0.15, 0.2) is 18.2 Å². The minimum atomic E-state index is -0.511.